The Morgan fingerprint density at radius 1 is 1.43 bits per heavy atom. The van der Waals surface area contributed by atoms with E-state index in [1.54, 1.807) is 0 Å². The summed E-state index contributed by atoms with van der Waals surface area (Å²) in [5, 5.41) is 0.957. The van der Waals surface area contributed by atoms with Gasteiger partial charge in [-0.1, -0.05) is 0 Å². The van der Waals surface area contributed by atoms with Crippen molar-refractivity contribution >= 4 is 13.5 Å². The predicted octanol–water partition coefficient (Wildman–Crippen LogP) is 2.03. The Morgan fingerprint density at radius 2 is 1.86 bits per heavy atom. The fourth-order valence-electron chi connectivity index (χ4n) is 0.539. The van der Waals surface area contributed by atoms with E-state index in [4.69, 9.17) is 0 Å². The van der Waals surface area contributed by atoms with Crippen LogP contribution in [0.5, 0.6) is 0 Å². The molecular weight excluding hydrogens is 151 g/mol. The van der Waals surface area contributed by atoms with Gasteiger partial charge in [-0.25, -0.2) is 0 Å². The van der Waals surface area contributed by atoms with E-state index in [1.807, 2.05) is 11.4 Å². The Labute approximate surface area is 47.8 Å². The SMILES string of the molecule is CCC[As](C)(C)=O. The van der Waals surface area contributed by atoms with Gasteiger partial charge in [-0.3, -0.25) is 0 Å². The summed E-state index contributed by atoms with van der Waals surface area (Å²) in [6, 6.07) is 0. The Hall–Kier alpha value is 0.358. The van der Waals surface area contributed by atoms with Gasteiger partial charge in [-0.05, 0) is 0 Å². The summed E-state index contributed by atoms with van der Waals surface area (Å²) < 4.78 is 10.9. The third-order valence-corrected chi connectivity index (χ3v) is 3.96. The molecule has 0 spiro atoms. The first-order valence-electron chi connectivity index (χ1n) is 2.60. The van der Waals surface area contributed by atoms with Crippen molar-refractivity contribution in [3.63, 3.8) is 0 Å². The van der Waals surface area contributed by atoms with E-state index in [-0.39, 0.29) is 0 Å². The minimum absolute atomic E-state index is 0.957. The van der Waals surface area contributed by atoms with Crippen LogP contribution in [0.15, 0.2) is 0 Å². The van der Waals surface area contributed by atoms with E-state index >= 15 is 0 Å². The maximum atomic E-state index is 10.9. The van der Waals surface area contributed by atoms with Crippen LogP contribution in [0.1, 0.15) is 13.3 Å². The molecule has 1 nitrogen and oxygen atoms in total. The zero-order valence-corrected chi connectivity index (χ0v) is 7.15. The molecule has 7 heavy (non-hydrogen) atoms. The third kappa shape index (κ3) is 6.36. The van der Waals surface area contributed by atoms with E-state index in [2.05, 4.69) is 6.92 Å². The molecule has 0 saturated carbocycles. The molecule has 44 valence electrons. The molecule has 0 aliphatic heterocycles. The van der Waals surface area contributed by atoms with Gasteiger partial charge < -0.3 is 0 Å². The quantitative estimate of drug-likeness (QED) is 0.570. The molecule has 0 amide bonds. The van der Waals surface area contributed by atoms with Gasteiger partial charge in [0, 0.05) is 0 Å². The van der Waals surface area contributed by atoms with Crippen molar-refractivity contribution in [1.82, 2.24) is 0 Å². The first kappa shape index (κ1) is 7.36. The van der Waals surface area contributed by atoms with Crippen LogP contribution in [0.2, 0.25) is 16.6 Å². The van der Waals surface area contributed by atoms with Crippen molar-refractivity contribution in [2.45, 2.75) is 30.0 Å². The van der Waals surface area contributed by atoms with E-state index in [0.717, 1.165) is 11.6 Å². The van der Waals surface area contributed by atoms with Crippen LogP contribution in [0.25, 0.3) is 0 Å². The maximum absolute atomic E-state index is 10.9. The van der Waals surface area contributed by atoms with Crippen molar-refractivity contribution < 1.29 is 3.74 Å². The van der Waals surface area contributed by atoms with Gasteiger partial charge in [0.05, 0.1) is 0 Å². The summed E-state index contributed by atoms with van der Waals surface area (Å²) in [7, 11) is 0. The number of hydrogen-bond donors (Lipinski definition) is 0. The molecule has 0 radical (unpaired) electrons. The standard InChI is InChI=1S/C5H13AsO/c1-4-5-6(2,3)7/h4-5H2,1-3H3. The number of rotatable bonds is 2. The van der Waals surface area contributed by atoms with Crippen LogP contribution < -0.4 is 0 Å². The van der Waals surface area contributed by atoms with E-state index in [9.17, 15) is 3.74 Å². The van der Waals surface area contributed by atoms with Crippen molar-refractivity contribution in [1.29, 1.82) is 0 Å². The molecule has 0 rings (SSSR count). The second-order valence-corrected chi connectivity index (χ2v) is 9.84. The van der Waals surface area contributed by atoms with Gasteiger partial charge in [-0.2, -0.15) is 0 Å². The first-order valence-corrected chi connectivity index (χ1v) is 8.45. The van der Waals surface area contributed by atoms with Crippen LogP contribution in [0.4, 0.5) is 0 Å². The molecule has 0 unspecified atom stereocenters. The van der Waals surface area contributed by atoms with Crippen molar-refractivity contribution in [2.75, 3.05) is 0 Å². The van der Waals surface area contributed by atoms with Crippen LogP contribution in [0.3, 0.4) is 0 Å². The molecule has 0 saturated heterocycles. The van der Waals surface area contributed by atoms with Gasteiger partial charge in [0.2, 0.25) is 0 Å². The number of hydrogen-bond acceptors (Lipinski definition) is 1. The monoisotopic (exact) mass is 164 g/mol. The van der Waals surface area contributed by atoms with Gasteiger partial charge in [-0.15, -0.1) is 0 Å². The van der Waals surface area contributed by atoms with Gasteiger partial charge in [0.25, 0.3) is 0 Å². The first-order chi connectivity index (χ1) is 3.06. The van der Waals surface area contributed by atoms with Crippen LogP contribution in [-0.4, -0.2) is 13.5 Å². The van der Waals surface area contributed by atoms with Gasteiger partial charge >= 0.3 is 47.2 Å². The van der Waals surface area contributed by atoms with Crippen LogP contribution in [-0.2, 0) is 3.74 Å². The molecule has 0 aromatic carbocycles. The zero-order chi connectivity index (χ0) is 5.91. The average Bonchev–Trinajstić information content (AvgIpc) is 1.30. The molecular formula is C5H13AsO. The Bertz CT molecular complexity index is 82.1. The van der Waals surface area contributed by atoms with E-state index in [1.165, 1.54) is 0 Å². The summed E-state index contributed by atoms with van der Waals surface area (Å²) >= 11 is -2.19. The zero-order valence-electron chi connectivity index (χ0n) is 5.27. The Kier molecular flexibility index (Phi) is 2.75. The second-order valence-electron chi connectivity index (χ2n) is 2.30. The van der Waals surface area contributed by atoms with E-state index < -0.39 is 13.5 Å². The molecule has 0 heterocycles. The fraction of sp³-hybridized carbons (Fsp3) is 1.00. The van der Waals surface area contributed by atoms with Gasteiger partial charge in [0.1, 0.15) is 0 Å². The molecule has 0 N–H and O–H groups in total. The second kappa shape index (κ2) is 2.61. The third-order valence-electron chi connectivity index (χ3n) is 0.762. The fourth-order valence-corrected chi connectivity index (χ4v) is 2.80. The van der Waals surface area contributed by atoms with Crippen LogP contribution >= 0.6 is 0 Å². The summed E-state index contributed by atoms with van der Waals surface area (Å²) in [6.07, 6.45) is 1.07. The molecule has 0 fully saturated rings. The topological polar surface area (TPSA) is 17.1 Å². The van der Waals surface area contributed by atoms with E-state index in [0.29, 0.717) is 0 Å². The summed E-state index contributed by atoms with van der Waals surface area (Å²) in [4.78, 5) is 0. The molecule has 0 bridgehead atoms. The summed E-state index contributed by atoms with van der Waals surface area (Å²) in [5.41, 5.74) is 3.78. The molecule has 0 aromatic rings. The molecule has 0 atom stereocenters. The Morgan fingerprint density at radius 3 is 1.86 bits per heavy atom. The van der Waals surface area contributed by atoms with Gasteiger partial charge in [0.15, 0.2) is 0 Å². The average molecular weight is 164 g/mol. The minimum atomic E-state index is -2.19. The van der Waals surface area contributed by atoms with Crippen molar-refractivity contribution in [2.24, 2.45) is 0 Å². The summed E-state index contributed by atoms with van der Waals surface area (Å²) in [5.74, 6) is 0. The van der Waals surface area contributed by atoms with Crippen LogP contribution in [0, 0.1) is 0 Å². The predicted molar refractivity (Wildman–Crippen MR) is 33.3 cm³/mol. The normalized spacial score (nSPS) is 11.9. The molecule has 2 heteroatoms. The molecule has 0 aliphatic carbocycles. The molecule has 0 aromatic heterocycles. The summed E-state index contributed by atoms with van der Waals surface area (Å²) in [6.45, 7) is 2.07. The van der Waals surface area contributed by atoms with Crippen molar-refractivity contribution in [3.05, 3.63) is 0 Å². The molecule has 0 aliphatic rings. The van der Waals surface area contributed by atoms with Crippen molar-refractivity contribution in [3.8, 4) is 0 Å². The Balaban J connectivity index is 3.36.